The van der Waals surface area contributed by atoms with E-state index in [1.807, 2.05) is 0 Å². The van der Waals surface area contributed by atoms with Gasteiger partial charge in [0.2, 0.25) is 0 Å². The van der Waals surface area contributed by atoms with Gasteiger partial charge in [-0.2, -0.15) is 0 Å². The molecule has 0 aromatic heterocycles. The highest BCUT2D eigenvalue weighted by atomic mass is 32.2. The minimum Gasteiger partial charge on any atom is -0.352 e. The van der Waals surface area contributed by atoms with Crippen LogP contribution >= 0.6 is 0 Å². The molecule has 0 spiro atoms. The van der Waals surface area contributed by atoms with Gasteiger partial charge in [-0.25, -0.2) is 4.39 Å². The topological polar surface area (TPSA) is 49.4 Å². The Morgan fingerprint density at radius 2 is 2.00 bits per heavy atom. The van der Waals surface area contributed by atoms with Crippen LogP contribution in [0.2, 0.25) is 0 Å². The second kappa shape index (κ2) is 8.19. The highest BCUT2D eigenvalue weighted by Gasteiger charge is 2.15. The highest BCUT2D eigenvalue weighted by Crippen LogP contribution is 2.16. The number of carbonyl (C=O) groups is 1. The van der Waals surface area contributed by atoms with E-state index in [0.717, 1.165) is 37.6 Å². The van der Waals surface area contributed by atoms with E-state index in [-0.39, 0.29) is 17.0 Å². The van der Waals surface area contributed by atoms with E-state index in [0.29, 0.717) is 6.54 Å². The molecule has 0 radical (unpaired) electrons. The fourth-order valence-corrected chi connectivity index (χ4v) is 3.47. The van der Waals surface area contributed by atoms with Gasteiger partial charge in [0.1, 0.15) is 5.82 Å². The second-order valence-electron chi connectivity index (χ2n) is 5.26. The fraction of sp³-hybridized carbons (Fsp3) is 0.438. The van der Waals surface area contributed by atoms with Crippen molar-refractivity contribution in [2.45, 2.75) is 6.42 Å². The quantitative estimate of drug-likeness (QED) is 0.636. The molecule has 1 fully saturated rings. The van der Waals surface area contributed by atoms with Gasteiger partial charge in [-0.1, -0.05) is 24.8 Å². The van der Waals surface area contributed by atoms with Gasteiger partial charge < -0.3 is 10.2 Å². The molecule has 4 nitrogen and oxygen atoms in total. The van der Waals surface area contributed by atoms with E-state index in [9.17, 15) is 13.4 Å². The van der Waals surface area contributed by atoms with Crippen LogP contribution in [0.1, 0.15) is 12.0 Å². The Labute approximate surface area is 132 Å². The van der Waals surface area contributed by atoms with Gasteiger partial charge in [0.15, 0.2) is 0 Å². The van der Waals surface area contributed by atoms with Crippen LogP contribution in [0.25, 0.3) is 5.57 Å². The zero-order chi connectivity index (χ0) is 15.9. The van der Waals surface area contributed by atoms with Crippen molar-refractivity contribution in [3.05, 3.63) is 42.2 Å². The van der Waals surface area contributed by atoms with Gasteiger partial charge in [-0.15, -0.1) is 0 Å². The summed E-state index contributed by atoms with van der Waals surface area (Å²) in [5, 5.41) is 2.76. The number of halogens is 1. The maximum atomic E-state index is 13.6. The lowest BCUT2D eigenvalue weighted by molar-refractivity contribution is -0.115. The molecule has 1 saturated heterocycles. The average molecular weight is 324 g/mol. The predicted molar refractivity (Wildman–Crippen MR) is 87.4 cm³/mol. The molecule has 1 aromatic rings. The summed E-state index contributed by atoms with van der Waals surface area (Å²) in [6.45, 7) is 6.75. The molecule has 0 unspecified atom stereocenters. The van der Waals surface area contributed by atoms with Crippen molar-refractivity contribution in [3.63, 3.8) is 0 Å². The van der Waals surface area contributed by atoms with Gasteiger partial charge in [0.05, 0.1) is 0 Å². The molecule has 1 amide bonds. The third kappa shape index (κ3) is 4.74. The molecular weight excluding hydrogens is 303 g/mol. The molecule has 1 N–H and O–H groups in total. The van der Waals surface area contributed by atoms with Crippen molar-refractivity contribution in [3.8, 4) is 0 Å². The minimum atomic E-state index is -0.664. The lowest BCUT2D eigenvalue weighted by atomic mass is 10.1. The third-order valence-electron chi connectivity index (χ3n) is 3.68. The van der Waals surface area contributed by atoms with Gasteiger partial charge >= 0.3 is 0 Å². The molecule has 0 saturated carbocycles. The summed E-state index contributed by atoms with van der Waals surface area (Å²) in [5.41, 5.74) is 0.380. The van der Waals surface area contributed by atoms with Crippen LogP contribution in [0.3, 0.4) is 0 Å². The second-order valence-corrected chi connectivity index (χ2v) is 6.95. The summed E-state index contributed by atoms with van der Waals surface area (Å²) in [6, 6.07) is 6.12. The van der Waals surface area contributed by atoms with Crippen LogP contribution in [-0.4, -0.2) is 52.7 Å². The third-order valence-corrected chi connectivity index (χ3v) is 4.96. The Balaban J connectivity index is 1.71. The Hall–Kier alpha value is -1.53. The van der Waals surface area contributed by atoms with Crippen molar-refractivity contribution in [2.75, 3.05) is 37.7 Å². The average Bonchev–Trinajstić information content (AvgIpc) is 2.53. The first-order valence-electron chi connectivity index (χ1n) is 7.37. The summed E-state index contributed by atoms with van der Waals surface area (Å²) >= 11 is 0. The van der Waals surface area contributed by atoms with E-state index < -0.39 is 16.6 Å². The monoisotopic (exact) mass is 324 g/mol. The lowest BCUT2D eigenvalue weighted by Gasteiger charge is -2.25. The molecule has 0 bridgehead atoms. The standard InChI is InChI=1S/C16H21FN2O2S/c1-13(14-5-2-3-6-15(14)17)16(20)18-7-4-8-19-9-11-22(21)12-10-19/h2-3,5-6H,1,4,7-12H2,(H,18,20). The van der Waals surface area contributed by atoms with E-state index in [1.54, 1.807) is 18.2 Å². The van der Waals surface area contributed by atoms with Gasteiger partial charge in [-0.3, -0.25) is 9.00 Å². The molecule has 120 valence electrons. The first-order chi connectivity index (χ1) is 10.6. The maximum absolute atomic E-state index is 13.6. The smallest absolute Gasteiger partial charge is 0.251 e. The Bertz CT molecular complexity index is 567. The maximum Gasteiger partial charge on any atom is 0.251 e. The van der Waals surface area contributed by atoms with Crippen LogP contribution in [0.15, 0.2) is 30.8 Å². The number of benzene rings is 1. The number of hydrogen-bond acceptors (Lipinski definition) is 3. The first kappa shape index (κ1) is 16.8. The lowest BCUT2D eigenvalue weighted by Crippen LogP contribution is -2.39. The normalized spacial score (nSPS) is 16.4. The van der Waals surface area contributed by atoms with E-state index >= 15 is 0 Å². The molecule has 22 heavy (non-hydrogen) atoms. The molecule has 1 aliphatic rings. The molecule has 1 aromatic carbocycles. The largest absolute Gasteiger partial charge is 0.352 e. The number of rotatable bonds is 6. The molecule has 0 atom stereocenters. The molecule has 1 aliphatic heterocycles. The number of nitrogens with one attached hydrogen (secondary N) is 1. The van der Waals surface area contributed by atoms with E-state index in [4.69, 9.17) is 0 Å². The molecule has 1 heterocycles. The number of carbonyl (C=O) groups excluding carboxylic acids is 1. The van der Waals surface area contributed by atoms with Crippen LogP contribution in [0.4, 0.5) is 4.39 Å². The first-order valence-corrected chi connectivity index (χ1v) is 8.86. The summed E-state index contributed by atoms with van der Waals surface area (Å²) in [7, 11) is -0.664. The summed E-state index contributed by atoms with van der Waals surface area (Å²) in [4.78, 5) is 14.2. The molecule has 2 rings (SSSR count). The van der Waals surface area contributed by atoms with Crippen molar-refractivity contribution >= 4 is 22.3 Å². The molecular formula is C16H21FN2O2S. The predicted octanol–water partition coefficient (Wildman–Crippen LogP) is 1.41. The Morgan fingerprint density at radius 1 is 1.32 bits per heavy atom. The summed E-state index contributed by atoms with van der Waals surface area (Å²) in [5.74, 6) is 0.682. The SMILES string of the molecule is C=C(C(=O)NCCCN1CCS(=O)CC1)c1ccccc1F. The van der Waals surface area contributed by atoms with Crippen molar-refractivity contribution in [1.82, 2.24) is 10.2 Å². The highest BCUT2D eigenvalue weighted by molar-refractivity contribution is 7.85. The van der Waals surface area contributed by atoms with Crippen LogP contribution < -0.4 is 5.32 Å². The van der Waals surface area contributed by atoms with Gasteiger partial charge in [0.25, 0.3) is 5.91 Å². The molecule has 6 heteroatoms. The zero-order valence-electron chi connectivity index (χ0n) is 12.5. The van der Waals surface area contributed by atoms with Crippen molar-refractivity contribution in [2.24, 2.45) is 0 Å². The van der Waals surface area contributed by atoms with Crippen molar-refractivity contribution in [1.29, 1.82) is 0 Å². The van der Waals surface area contributed by atoms with Gasteiger partial charge in [-0.05, 0) is 19.0 Å². The van der Waals surface area contributed by atoms with E-state index in [2.05, 4.69) is 16.8 Å². The number of hydrogen-bond donors (Lipinski definition) is 1. The molecule has 0 aliphatic carbocycles. The number of amides is 1. The van der Waals surface area contributed by atoms with Crippen LogP contribution in [0.5, 0.6) is 0 Å². The van der Waals surface area contributed by atoms with Crippen LogP contribution in [-0.2, 0) is 15.6 Å². The Kier molecular flexibility index (Phi) is 6.27. The minimum absolute atomic E-state index is 0.145. The van der Waals surface area contributed by atoms with Crippen molar-refractivity contribution < 1.29 is 13.4 Å². The zero-order valence-corrected chi connectivity index (χ0v) is 13.3. The number of nitrogens with zero attached hydrogens (tertiary/aromatic N) is 1. The summed E-state index contributed by atoms with van der Waals surface area (Å²) in [6.07, 6.45) is 0.808. The Morgan fingerprint density at radius 3 is 2.68 bits per heavy atom. The fourth-order valence-electron chi connectivity index (χ4n) is 2.34. The summed E-state index contributed by atoms with van der Waals surface area (Å²) < 4.78 is 24.8. The van der Waals surface area contributed by atoms with Gasteiger partial charge in [0, 0.05) is 53.1 Å². The van der Waals surface area contributed by atoms with E-state index in [1.165, 1.54) is 6.07 Å². The van der Waals surface area contributed by atoms with Crippen LogP contribution in [0, 0.1) is 5.82 Å².